The van der Waals surface area contributed by atoms with Crippen molar-refractivity contribution >= 4 is 23.4 Å². The second kappa shape index (κ2) is 9.92. The first-order valence-corrected chi connectivity index (χ1v) is 11.3. The standard InChI is InChI=1S/C23H28ClN3O5/c1-17-21(32-16-25-17)22(29)27-7-3-6-23(14-27,13-20(28)26-8-10-30-11-9-26)15-31-19-5-2-4-18(24)12-19/h2,4-5,12,16H,3,6-11,13-15H2,1H3. The van der Waals surface area contributed by atoms with Crippen LogP contribution in [0.25, 0.3) is 0 Å². The number of piperidine rings is 1. The van der Waals surface area contributed by atoms with Crippen molar-refractivity contribution < 1.29 is 23.5 Å². The summed E-state index contributed by atoms with van der Waals surface area (Å²) in [7, 11) is 0. The van der Waals surface area contributed by atoms with Gasteiger partial charge in [-0.05, 0) is 38.0 Å². The topological polar surface area (TPSA) is 85.1 Å². The first-order chi connectivity index (χ1) is 15.5. The summed E-state index contributed by atoms with van der Waals surface area (Å²) >= 11 is 6.10. The van der Waals surface area contributed by atoms with E-state index in [1.54, 1.807) is 24.0 Å². The van der Waals surface area contributed by atoms with E-state index < -0.39 is 5.41 Å². The van der Waals surface area contributed by atoms with Crippen LogP contribution >= 0.6 is 11.6 Å². The van der Waals surface area contributed by atoms with Gasteiger partial charge in [0.1, 0.15) is 5.75 Å². The van der Waals surface area contributed by atoms with Crippen LogP contribution in [-0.2, 0) is 9.53 Å². The van der Waals surface area contributed by atoms with Gasteiger partial charge in [-0.15, -0.1) is 0 Å². The van der Waals surface area contributed by atoms with Crippen molar-refractivity contribution in [1.82, 2.24) is 14.8 Å². The predicted octanol–water partition coefficient (Wildman–Crippen LogP) is 3.19. The van der Waals surface area contributed by atoms with Gasteiger partial charge < -0.3 is 23.7 Å². The number of morpholine rings is 1. The number of carbonyl (C=O) groups is 2. The molecule has 0 spiro atoms. The average Bonchev–Trinajstić information content (AvgIpc) is 3.24. The number of benzene rings is 1. The summed E-state index contributed by atoms with van der Waals surface area (Å²) in [5.74, 6) is 0.750. The van der Waals surface area contributed by atoms with Crippen molar-refractivity contribution in [1.29, 1.82) is 0 Å². The Labute approximate surface area is 192 Å². The number of hydrogen-bond acceptors (Lipinski definition) is 6. The van der Waals surface area contributed by atoms with E-state index in [9.17, 15) is 9.59 Å². The predicted molar refractivity (Wildman–Crippen MR) is 118 cm³/mol. The number of halogens is 1. The van der Waals surface area contributed by atoms with Gasteiger partial charge >= 0.3 is 0 Å². The van der Waals surface area contributed by atoms with Crippen LogP contribution in [-0.4, -0.2) is 72.6 Å². The monoisotopic (exact) mass is 461 g/mol. The Balaban J connectivity index is 1.53. The zero-order valence-electron chi connectivity index (χ0n) is 18.2. The molecule has 0 N–H and O–H groups in total. The van der Waals surface area contributed by atoms with Crippen molar-refractivity contribution in [3.63, 3.8) is 0 Å². The lowest BCUT2D eigenvalue weighted by Gasteiger charge is -2.43. The highest BCUT2D eigenvalue weighted by atomic mass is 35.5. The molecule has 2 fully saturated rings. The number of aryl methyl sites for hydroxylation is 1. The molecule has 8 nitrogen and oxygen atoms in total. The summed E-state index contributed by atoms with van der Waals surface area (Å²) < 4.78 is 16.8. The van der Waals surface area contributed by atoms with Gasteiger partial charge in [0.2, 0.25) is 11.7 Å². The van der Waals surface area contributed by atoms with Crippen LogP contribution in [0, 0.1) is 12.3 Å². The number of oxazole rings is 1. The van der Waals surface area contributed by atoms with Crippen LogP contribution < -0.4 is 4.74 Å². The first kappa shape index (κ1) is 22.6. The van der Waals surface area contributed by atoms with Crippen LogP contribution in [0.15, 0.2) is 35.1 Å². The van der Waals surface area contributed by atoms with E-state index in [2.05, 4.69) is 4.98 Å². The fraction of sp³-hybridized carbons (Fsp3) is 0.522. The lowest BCUT2D eigenvalue weighted by atomic mass is 9.77. The molecule has 0 saturated carbocycles. The maximum absolute atomic E-state index is 13.2. The Kier molecular flexibility index (Phi) is 7.01. The van der Waals surface area contributed by atoms with E-state index in [0.717, 1.165) is 12.8 Å². The van der Waals surface area contributed by atoms with Crippen molar-refractivity contribution in [2.75, 3.05) is 46.0 Å². The molecule has 1 atom stereocenters. The van der Waals surface area contributed by atoms with Crippen molar-refractivity contribution in [3.8, 4) is 5.75 Å². The Morgan fingerprint density at radius 3 is 2.75 bits per heavy atom. The zero-order valence-corrected chi connectivity index (χ0v) is 19.0. The summed E-state index contributed by atoms with van der Waals surface area (Å²) in [6, 6.07) is 7.20. The third kappa shape index (κ3) is 5.24. The van der Waals surface area contributed by atoms with Gasteiger partial charge in [0.05, 0.1) is 25.5 Å². The smallest absolute Gasteiger partial charge is 0.291 e. The minimum atomic E-state index is -0.514. The van der Waals surface area contributed by atoms with Crippen LogP contribution in [0.4, 0.5) is 0 Å². The van der Waals surface area contributed by atoms with Crippen LogP contribution in [0.1, 0.15) is 35.5 Å². The summed E-state index contributed by atoms with van der Waals surface area (Å²) in [6.45, 7) is 5.33. The molecule has 1 aromatic carbocycles. The molecule has 32 heavy (non-hydrogen) atoms. The van der Waals surface area contributed by atoms with Gasteiger partial charge in [-0.2, -0.15) is 0 Å². The molecule has 9 heteroatoms. The Bertz CT molecular complexity index is 959. The molecule has 2 amide bonds. The molecule has 0 radical (unpaired) electrons. The number of hydrogen-bond donors (Lipinski definition) is 0. The molecule has 0 bridgehead atoms. The lowest BCUT2D eigenvalue weighted by Crippen LogP contribution is -2.52. The number of amides is 2. The lowest BCUT2D eigenvalue weighted by molar-refractivity contribution is -0.139. The quantitative estimate of drug-likeness (QED) is 0.656. The second-order valence-corrected chi connectivity index (χ2v) is 8.95. The summed E-state index contributed by atoms with van der Waals surface area (Å²) in [6.07, 6.45) is 3.13. The van der Waals surface area contributed by atoms with Gasteiger partial charge in [0.15, 0.2) is 6.39 Å². The Morgan fingerprint density at radius 2 is 2.03 bits per heavy atom. The van der Waals surface area contributed by atoms with Crippen molar-refractivity contribution in [2.24, 2.45) is 5.41 Å². The van der Waals surface area contributed by atoms with Crippen molar-refractivity contribution in [3.05, 3.63) is 47.1 Å². The number of ether oxygens (including phenoxy) is 2. The normalized spacial score (nSPS) is 21.4. The number of likely N-dealkylation sites (tertiary alicyclic amines) is 1. The van der Waals surface area contributed by atoms with Crippen LogP contribution in [0.3, 0.4) is 0 Å². The van der Waals surface area contributed by atoms with E-state index in [1.165, 1.54) is 6.39 Å². The molecular weight excluding hydrogens is 434 g/mol. The third-order valence-electron chi connectivity index (χ3n) is 6.12. The highest BCUT2D eigenvalue weighted by molar-refractivity contribution is 6.30. The minimum Gasteiger partial charge on any atom is -0.493 e. The molecule has 2 aliphatic heterocycles. The van der Waals surface area contributed by atoms with E-state index in [-0.39, 0.29) is 17.6 Å². The Hall–Kier alpha value is -2.58. The molecule has 4 rings (SSSR count). The molecule has 2 aliphatic rings. The SMILES string of the molecule is Cc1ncoc1C(=O)N1CCCC(COc2cccc(Cl)c2)(CC(=O)N2CCOCC2)C1. The number of aromatic nitrogens is 1. The molecule has 172 valence electrons. The van der Waals surface area contributed by atoms with Gasteiger partial charge in [-0.1, -0.05) is 17.7 Å². The maximum atomic E-state index is 13.2. The van der Waals surface area contributed by atoms with Crippen molar-refractivity contribution in [2.45, 2.75) is 26.2 Å². The molecule has 0 aliphatic carbocycles. The van der Waals surface area contributed by atoms with Gasteiger partial charge in [0.25, 0.3) is 5.91 Å². The minimum absolute atomic E-state index is 0.0631. The summed E-state index contributed by atoms with van der Waals surface area (Å²) in [5.41, 5.74) is 0.0465. The fourth-order valence-corrected chi connectivity index (χ4v) is 4.56. The van der Waals surface area contributed by atoms with Crippen LogP contribution in [0.2, 0.25) is 5.02 Å². The zero-order chi connectivity index (χ0) is 22.6. The Morgan fingerprint density at radius 1 is 1.22 bits per heavy atom. The number of nitrogens with zero attached hydrogens (tertiary/aromatic N) is 3. The maximum Gasteiger partial charge on any atom is 0.291 e. The number of carbonyl (C=O) groups excluding carboxylic acids is 2. The molecular formula is C23H28ClN3O5. The highest BCUT2D eigenvalue weighted by Gasteiger charge is 2.42. The molecule has 2 aromatic rings. The molecule has 1 unspecified atom stereocenters. The average molecular weight is 462 g/mol. The first-order valence-electron chi connectivity index (χ1n) is 10.9. The molecule has 3 heterocycles. The second-order valence-electron chi connectivity index (χ2n) is 8.51. The molecule has 1 aromatic heterocycles. The largest absolute Gasteiger partial charge is 0.493 e. The van der Waals surface area contributed by atoms with E-state index in [0.29, 0.717) is 68.9 Å². The van der Waals surface area contributed by atoms with Gasteiger partial charge in [-0.3, -0.25) is 9.59 Å². The van der Waals surface area contributed by atoms with E-state index in [4.69, 9.17) is 25.5 Å². The van der Waals surface area contributed by atoms with E-state index in [1.807, 2.05) is 17.0 Å². The summed E-state index contributed by atoms with van der Waals surface area (Å²) in [4.78, 5) is 33.9. The van der Waals surface area contributed by atoms with Gasteiger partial charge in [-0.25, -0.2) is 4.98 Å². The highest BCUT2D eigenvalue weighted by Crippen LogP contribution is 2.36. The fourth-order valence-electron chi connectivity index (χ4n) is 4.38. The number of rotatable bonds is 6. The van der Waals surface area contributed by atoms with E-state index >= 15 is 0 Å². The molecule has 2 saturated heterocycles. The van der Waals surface area contributed by atoms with Gasteiger partial charge in [0, 0.05) is 43.0 Å². The van der Waals surface area contributed by atoms with Crippen LogP contribution in [0.5, 0.6) is 5.75 Å². The summed E-state index contributed by atoms with van der Waals surface area (Å²) in [5, 5.41) is 0.585. The third-order valence-corrected chi connectivity index (χ3v) is 6.35.